The van der Waals surface area contributed by atoms with E-state index in [1.54, 1.807) is 24.3 Å². The second-order valence-electron chi connectivity index (χ2n) is 9.41. The molecule has 6 nitrogen and oxygen atoms in total. The quantitative estimate of drug-likeness (QED) is 0.305. The van der Waals surface area contributed by atoms with Crippen LogP contribution in [0.25, 0.3) is 0 Å². The van der Waals surface area contributed by atoms with Gasteiger partial charge in [-0.1, -0.05) is 36.4 Å². The van der Waals surface area contributed by atoms with Crippen molar-refractivity contribution in [1.29, 1.82) is 0 Å². The topological polar surface area (TPSA) is 58.2 Å². The van der Waals surface area contributed by atoms with Crippen LogP contribution < -0.4 is 10.6 Å². The second kappa shape index (κ2) is 14.0. The highest BCUT2D eigenvalue weighted by Crippen LogP contribution is 2.18. The summed E-state index contributed by atoms with van der Waals surface area (Å²) in [7, 11) is 0. The summed E-state index contributed by atoms with van der Waals surface area (Å²) < 4.78 is 29.6. The summed E-state index contributed by atoms with van der Waals surface area (Å²) in [6, 6.07) is 13.5. The average molecular weight is 505 g/mol. The summed E-state index contributed by atoms with van der Waals surface area (Å²) in [6.45, 7) is 14.2. The van der Waals surface area contributed by atoms with E-state index in [0.717, 1.165) is 26.2 Å². The fourth-order valence-corrected chi connectivity index (χ4v) is 4.63. The predicted molar refractivity (Wildman–Crippen MR) is 139 cm³/mol. The van der Waals surface area contributed by atoms with E-state index in [0.29, 0.717) is 59.4 Å². The minimum absolute atomic E-state index is 0.228. The summed E-state index contributed by atoms with van der Waals surface area (Å²) in [5.41, 5.74) is 1.29. The molecule has 198 valence electrons. The molecule has 36 heavy (non-hydrogen) atoms. The number of hydrogen-bond donors (Lipinski definition) is 2. The molecular weight excluding hydrogens is 462 g/mol. The molecule has 2 amide bonds. The lowest BCUT2D eigenvalue weighted by Gasteiger charge is -2.37. The Morgan fingerprint density at radius 2 is 0.972 bits per heavy atom. The standard InChI is InChI=1S/C28H40F2N4O2/c1-5-33(6-2,21-23-13-9-11-15-25(23)29)19-17-31-27(35)28(36)32-18-20-34(7-3,8-4)22-24-14-10-12-16-26(24)30/h9-16H,5-8,17-22H2,1-4H3/p+2. The van der Waals surface area contributed by atoms with E-state index in [1.807, 2.05) is 39.8 Å². The summed E-state index contributed by atoms with van der Waals surface area (Å²) in [4.78, 5) is 24.8. The van der Waals surface area contributed by atoms with Crippen molar-refractivity contribution in [3.05, 3.63) is 71.3 Å². The average Bonchev–Trinajstić information content (AvgIpc) is 2.89. The maximum absolute atomic E-state index is 14.2. The predicted octanol–water partition coefficient (Wildman–Crippen LogP) is 3.61. The molecule has 2 aromatic carbocycles. The number of carbonyl (C=O) groups excluding carboxylic acids is 2. The van der Waals surface area contributed by atoms with Crippen LogP contribution in [0.15, 0.2) is 48.5 Å². The number of quaternary nitrogens is 2. The number of nitrogens with one attached hydrogen (secondary N) is 2. The van der Waals surface area contributed by atoms with Gasteiger partial charge in [0.05, 0.1) is 52.4 Å². The van der Waals surface area contributed by atoms with Crippen LogP contribution in [0.2, 0.25) is 0 Å². The molecule has 0 radical (unpaired) electrons. The third kappa shape index (κ3) is 8.10. The normalized spacial score (nSPS) is 11.8. The molecule has 0 aliphatic rings. The number of carbonyl (C=O) groups is 2. The van der Waals surface area contributed by atoms with E-state index in [2.05, 4.69) is 10.6 Å². The molecule has 2 rings (SSSR count). The van der Waals surface area contributed by atoms with Crippen molar-refractivity contribution in [3.63, 3.8) is 0 Å². The van der Waals surface area contributed by atoms with Gasteiger partial charge < -0.3 is 19.6 Å². The molecular formula is C28H42F2N4O2+2. The fourth-order valence-electron chi connectivity index (χ4n) is 4.63. The summed E-state index contributed by atoms with van der Waals surface area (Å²) in [5, 5.41) is 5.43. The third-order valence-electron chi connectivity index (χ3n) is 7.56. The van der Waals surface area contributed by atoms with Crippen LogP contribution in [-0.2, 0) is 22.7 Å². The monoisotopic (exact) mass is 504 g/mol. The van der Waals surface area contributed by atoms with Crippen molar-refractivity contribution in [2.24, 2.45) is 0 Å². The maximum atomic E-state index is 14.2. The molecule has 8 heteroatoms. The van der Waals surface area contributed by atoms with Gasteiger partial charge in [-0.2, -0.15) is 0 Å². The Balaban J connectivity index is 1.86. The van der Waals surface area contributed by atoms with Gasteiger partial charge in [-0.15, -0.1) is 0 Å². The van der Waals surface area contributed by atoms with Gasteiger partial charge in [0.1, 0.15) is 24.7 Å². The molecule has 0 aliphatic carbocycles. The third-order valence-corrected chi connectivity index (χ3v) is 7.56. The fraction of sp³-hybridized carbons (Fsp3) is 0.500. The van der Waals surface area contributed by atoms with E-state index in [4.69, 9.17) is 0 Å². The van der Waals surface area contributed by atoms with Crippen molar-refractivity contribution >= 4 is 11.8 Å². The van der Waals surface area contributed by atoms with Crippen molar-refractivity contribution in [2.45, 2.75) is 40.8 Å². The van der Waals surface area contributed by atoms with Crippen molar-refractivity contribution < 1.29 is 27.3 Å². The van der Waals surface area contributed by atoms with Gasteiger partial charge in [0.2, 0.25) is 0 Å². The molecule has 0 unspecified atom stereocenters. The van der Waals surface area contributed by atoms with E-state index in [-0.39, 0.29) is 11.6 Å². The lowest BCUT2D eigenvalue weighted by molar-refractivity contribution is -0.936. The number of hydrogen-bond acceptors (Lipinski definition) is 2. The van der Waals surface area contributed by atoms with Crippen LogP contribution >= 0.6 is 0 Å². The number of rotatable bonds is 14. The zero-order chi connectivity index (χ0) is 26.6. The highest BCUT2D eigenvalue weighted by Gasteiger charge is 2.27. The molecule has 0 fully saturated rings. The first-order valence-corrected chi connectivity index (χ1v) is 13.0. The van der Waals surface area contributed by atoms with Crippen LogP contribution in [0.5, 0.6) is 0 Å². The zero-order valence-electron chi connectivity index (χ0n) is 22.2. The van der Waals surface area contributed by atoms with E-state index < -0.39 is 11.8 Å². The first-order chi connectivity index (χ1) is 17.2. The SMILES string of the molecule is CC[N+](CC)(CCNC(=O)C(=O)NCC[N+](CC)(CC)Cc1ccccc1F)Cc1ccccc1F. The first-order valence-electron chi connectivity index (χ1n) is 13.0. The Bertz CT molecular complexity index is 912. The lowest BCUT2D eigenvalue weighted by atomic mass is 10.1. The van der Waals surface area contributed by atoms with Crippen LogP contribution in [0.3, 0.4) is 0 Å². The van der Waals surface area contributed by atoms with Crippen LogP contribution in [0.4, 0.5) is 8.78 Å². The molecule has 0 atom stereocenters. The first kappa shape index (κ1) is 29.4. The maximum Gasteiger partial charge on any atom is 0.309 e. The van der Waals surface area contributed by atoms with Gasteiger partial charge in [-0.25, -0.2) is 8.78 Å². The molecule has 0 bridgehead atoms. The molecule has 0 spiro atoms. The molecule has 0 aromatic heterocycles. The van der Waals surface area contributed by atoms with Gasteiger partial charge in [0.25, 0.3) is 0 Å². The van der Waals surface area contributed by atoms with Crippen molar-refractivity contribution in [2.75, 3.05) is 52.4 Å². The van der Waals surface area contributed by atoms with Gasteiger partial charge in [-0.05, 0) is 39.8 Å². The Morgan fingerprint density at radius 1 is 0.639 bits per heavy atom. The lowest BCUT2D eigenvalue weighted by Crippen LogP contribution is -2.53. The van der Waals surface area contributed by atoms with Crippen molar-refractivity contribution in [1.82, 2.24) is 10.6 Å². The van der Waals surface area contributed by atoms with Crippen molar-refractivity contribution in [3.8, 4) is 0 Å². The Labute approximate surface area is 214 Å². The van der Waals surface area contributed by atoms with E-state index in [9.17, 15) is 18.4 Å². The van der Waals surface area contributed by atoms with Gasteiger partial charge in [0.15, 0.2) is 0 Å². The summed E-state index contributed by atoms with van der Waals surface area (Å²) >= 11 is 0. The summed E-state index contributed by atoms with van der Waals surface area (Å²) in [6.07, 6.45) is 0. The van der Waals surface area contributed by atoms with Gasteiger partial charge >= 0.3 is 11.8 Å². The highest BCUT2D eigenvalue weighted by molar-refractivity contribution is 6.35. The zero-order valence-corrected chi connectivity index (χ0v) is 22.2. The number of benzene rings is 2. The van der Waals surface area contributed by atoms with E-state index in [1.165, 1.54) is 12.1 Å². The largest absolute Gasteiger partial charge is 0.342 e. The Hall–Kier alpha value is -2.84. The second-order valence-corrected chi connectivity index (χ2v) is 9.41. The number of amides is 2. The van der Waals surface area contributed by atoms with Gasteiger partial charge in [0, 0.05) is 11.1 Å². The number of likely N-dealkylation sites (N-methyl/N-ethyl adjacent to an activating group) is 2. The molecule has 0 heterocycles. The molecule has 0 saturated carbocycles. The minimum Gasteiger partial charge on any atom is -0.342 e. The van der Waals surface area contributed by atoms with E-state index >= 15 is 0 Å². The minimum atomic E-state index is -0.675. The highest BCUT2D eigenvalue weighted by atomic mass is 19.1. The van der Waals surface area contributed by atoms with Gasteiger partial charge in [-0.3, -0.25) is 9.59 Å². The van der Waals surface area contributed by atoms with Crippen LogP contribution in [-0.4, -0.2) is 73.1 Å². The Kier molecular flexibility index (Phi) is 11.5. The molecule has 2 aromatic rings. The van der Waals surface area contributed by atoms with Crippen LogP contribution in [0, 0.1) is 11.6 Å². The Morgan fingerprint density at radius 3 is 1.28 bits per heavy atom. The smallest absolute Gasteiger partial charge is 0.309 e. The molecule has 0 saturated heterocycles. The van der Waals surface area contributed by atoms with Crippen LogP contribution in [0.1, 0.15) is 38.8 Å². The number of halogens is 2. The molecule has 0 aliphatic heterocycles. The summed E-state index contributed by atoms with van der Waals surface area (Å²) in [5.74, 6) is -1.80. The number of nitrogens with zero attached hydrogens (tertiary/aromatic N) is 2. The molecule has 2 N–H and O–H groups in total.